The predicted molar refractivity (Wildman–Crippen MR) is 50.1 cm³/mol. The van der Waals surface area contributed by atoms with Crippen molar-refractivity contribution < 1.29 is 19.7 Å². The second-order valence-electron chi connectivity index (χ2n) is 2.78. The number of rotatable bonds is 5. The third-order valence-corrected chi connectivity index (χ3v) is 1.68. The van der Waals surface area contributed by atoms with Gasteiger partial charge in [-0.25, -0.2) is 4.79 Å². The number of hydrogen-bond acceptors (Lipinski definition) is 3. The smallest absolute Gasteiger partial charge is 0.335 e. The highest BCUT2D eigenvalue weighted by molar-refractivity contribution is 5.87. The number of aliphatic hydroxyl groups is 1. The molecule has 0 aliphatic carbocycles. The minimum Gasteiger partial charge on any atom is -0.478 e. The predicted octanol–water partition coefficient (Wildman–Crippen LogP) is 0.894. The lowest BCUT2D eigenvalue weighted by atomic mass is 10.1. The van der Waals surface area contributed by atoms with Crippen molar-refractivity contribution in [3.8, 4) is 0 Å². The van der Waals surface area contributed by atoms with Gasteiger partial charge in [-0.3, -0.25) is 0 Å². The van der Waals surface area contributed by atoms with Crippen LogP contribution in [0.2, 0.25) is 0 Å². The van der Waals surface area contributed by atoms with Crippen LogP contribution in [0.25, 0.3) is 0 Å². The van der Waals surface area contributed by atoms with Gasteiger partial charge in [0.2, 0.25) is 0 Å². The number of benzene rings is 1. The van der Waals surface area contributed by atoms with Crippen molar-refractivity contribution in [2.45, 2.75) is 6.61 Å². The monoisotopic (exact) mass is 196 g/mol. The van der Waals surface area contributed by atoms with Crippen molar-refractivity contribution in [3.63, 3.8) is 0 Å². The third-order valence-electron chi connectivity index (χ3n) is 1.68. The fraction of sp³-hybridized carbons (Fsp3) is 0.300. The number of aromatic carboxylic acids is 1. The molecular weight excluding hydrogens is 184 g/mol. The quantitative estimate of drug-likeness (QED) is 0.686. The molecule has 4 heteroatoms. The molecule has 0 spiro atoms. The summed E-state index contributed by atoms with van der Waals surface area (Å²) < 4.78 is 5.06. The van der Waals surface area contributed by atoms with Gasteiger partial charge >= 0.3 is 5.97 Å². The Morgan fingerprint density at radius 2 is 2.21 bits per heavy atom. The molecule has 0 amide bonds. The Hall–Kier alpha value is -1.39. The van der Waals surface area contributed by atoms with Crippen LogP contribution in [0, 0.1) is 0 Å². The zero-order valence-corrected chi connectivity index (χ0v) is 7.64. The number of hydrogen-bond donors (Lipinski definition) is 2. The maximum Gasteiger partial charge on any atom is 0.335 e. The Kier molecular flexibility index (Phi) is 4.10. The van der Waals surface area contributed by atoms with Crippen molar-refractivity contribution in [2.75, 3.05) is 13.2 Å². The molecule has 0 aromatic heterocycles. The molecule has 0 aliphatic heterocycles. The summed E-state index contributed by atoms with van der Waals surface area (Å²) in [7, 11) is 0. The van der Waals surface area contributed by atoms with Crippen molar-refractivity contribution in [2.24, 2.45) is 0 Å². The van der Waals surface area contributed by atoms with Gasteiger partial charge in [0.25, 0.3) is 0 Å². The molecule has 4 nitrogen and oxygen atoms in total. The first kappa shape index (κ1) is 10.7. The van der Waals surface area contributed by atoms with E-state index in [0.29, 0.717) is 6.61 Å². The second kappa shape index (κ2) is 5.36. The van der Waals surface area contributed by atoms with Crippen LogP contribution >= 0.6 is 0 Å². The van der Waals surface area contributed by atoms with Crippen molar-refractivity contribution in [3.05, 3.63) is 35.4 Å². The van der Waals surface area contributed by atoms with Gasteiger partial charge in [0, 0.05) is 0 Å². The number of carbonyl (C=O) groups is 1. The zero-order valence-electron chi connectivity index (χ0n) is 7.64. The number of carboxylic acid groups (broad SMARTS) is 1. The first-order valence-corrected chi connectivity index (χ1v) is 4.25. The van der Waals surface area contributed by atoms with E-state index in [4.69, 9.17) is 14.9 Å². The molecule has 0 fully saturated rings. The molecule has 0 heterocycles. The fourth-order valence-electron chi connectivity index (χ4n) is 1.05. The molecule has 0 unspecified atom stereocenters. The molecule has 0 atom stereocenters. The van der Waals surface area contributed by atoms with Crippen LogP contribution in [0.4, 0.5) is 0 Å². The SMILES string of the molecule is O=C(O)c1cccc(COCCO)c1. The Morgan fingerprint density at radius 3 is 2.86 bits per heavy atom. The topological polar surface area (TPSA) is 66.8 Å². The van der Waals surface area contributed by atoms with E-state index in [-0.39, 0.29) is 18.8 Å². The molecular formula is C10H12O4. The van der Waals surface area contributed by atoms with E-state index in [0.717, 1.165) is 5.56 Å². The first-order chi connectivity index (χ1) is 6.74. The van der Waals surface area contributed by atoms with E-state index in [9.17, 15) is 4.79 Å². The largest absolute Gasteiger partial charge is 0.478 e. The van der Waals surface area contributed by atoms with Crippen LogP contribution in [0.15, 0.2) is 24.3 Å². The average molecular weight is 196 g/mol. The summed E-state index contributed by atoms with van der Waals surface area (Å²) in [5.74, 6) is -0.950. The Bertz CT molecular complexity index is 309. The van der Waals surface area contributed by atoms with Gasteiger partial charge in [0.05, 0.1) is 25.4 Å². The van der Waals surface area contributed by atoms with Crippen LogP contribution in [0.1, 0.15) is 15.9 Å². The number of ether oxygens (including phenoxy) is 1. The van der Waals surface area contributed by atoms with Crippen molar-refractivity contribution in [1.82, 2.24) is 0 Å². The number of aliphatic hydroxyl groups excluding tert-OH is 1. The van der Waals surface area contributed by atoms with Gasteiger partial charge in [-0.05, 0) is 17.7 Å². The molecule has 1 aromatic carbocycles. The lowest BCUT2D eigenvalue weighted by Gasteiger charge is -2.03. The van der Waals surface area contributed by atoms with Crippen LogP contribution < -0.4 is 0 Å². The molecule has 0 radical (unpaired) electrons. The molecule has 14 heavy (non-hydrogen) atoms. The molecule has 1 aromatic rings. The molecule has 0 saturated carbocycles. The van der Waals surface area contributed by atoms with Gasteiger partial charge in [0.1, 0.15) is 0 Å². The van der Waals surface area contributed by atoms with Gasteiger partial charge in [-0.15, -0.1) is 0 Å². The van der Waals surface area contributed by atoms with Gasteiger partial charge in [0.15, 0.2) is 0 Å². The second-order valence-corrected chi connectivity index (χ2v) is 2.78. The summed E-state index contributed by atoms with van der Waals surface area (Å²) in [6, 6.07) is 6.53. The molecule has 0 bridgehead atoms. The van der Waals surface area contributed by atoms with Crippen LogP contribution in [0.5, 0.6) is 0 Å². The van der Waals surface area contributed by atoms with Crippen LogP contribution in [-0.2, 0) is 11.3 Å². The highest BCUT2D eigenvalue weighted by Gasteiger charge is 2.02. The molecule has 1 rings (SSSR count). The Morgan fingerprint density at radius 1 is 1.43 bits per heavy atom. The maximum absolute atomic E-state index is 10.6. The summed E-state index contributed by atoms with van der Waals surface area (Å²) in [4.78, 5) is 10.6. The van der Waals surface area contributed by atoms with Crippen molar-refractivity contribution >= 4 is 5.97 Å². The van der Waals surface area contributed by atoms with E-state index in [1.54, 1.807) is 18.2 Å². The van der Waals surface area contributed by atoms with Gasteiger partial charge in [-0.2, -0.15) is 0 Å². The zero-order chi connectivity index (χ0) is 10.4. The van der Waals surface area contributed by atoms with Crippen LogP contribution in [-0.4, -0.2) is 29.4 Å². The average Bonchev–Trinajstić information content (AvgIpc) is 2.19. The van der Waals surface area contributed by atoms with Crippen molar-refractivity contribution in [1.29, 1.82) is 0 Å². The lowest BCUT2D eigenvalue weighted by Crippen LogP contribution is -2.01. The Labute approximate surface area is 81.8 Å². The molecule has 2 N–H and O–H groups in total. The first-order valence-electron chi connectivity index (χ1n) is 4.25. The summed E-state index contributed by atoms with van der Waals surface area (Å²) in [5.41, 5.74) is 1.04. The summed E-state index contributed by atoms with van der Waals surface area (Å²) in [5, 5.41) is 17.2. The molecule has 76 valence electrons. The summed E-state index contributed by atoms with van der Waals surface area (Å²) in [6.45, 7) is 0.553. The van der Waals surface area contributed by atoms with E-state index in [2.05, 4.69) is 0 Å². The number of carboxylic acids is 1. The van der Waals surface area contributed by atoms with E-state index in [1.807, 2.05) is 0 Å². The highest BCUT2D eigenvalue weighted by atomic mass is 16.5. The summed E-state index contributed by atoms with van der Waals surface area (Å²) in [6.07, 6.45) is 0. The van der Waals surface area contributed by atoms with E-state index >= 15 is 0 Å². The maximum atomic E-state index is 10.6. The van der Waals surface area contributed by atoms with E-state index in [1.165, 1.54) is 6.07 Å². The normalized spacial score (nSPS) is 10.1. The summed E-state index contributed by atoms with van der Waals surface area (Å²) >= 11 is 0. The molecule has 0 saturated heterocycles. The van der Waals surface area contributed by atoms with E-state index < -0.39 is 5.97 Å². The standard InChI is InChI=1S/C10H12O4/c11-4-5-14-7-8-2-1-3-9(6-8)10(12)13/h1-3,6,11H,4-5,7H2,(H,12,13). The minimum atomic E-state index is -0.950. The van der Waals surface area contributed by atoms with Gasteiger partial charge in [-0.1, -0.05) is 12.1 Å². The minimum absolute atomic E-state index is 0.0291. The fourth-order valence-corrected chi connectivity index (χ4v) is 1.05. The molecule has 0 aliphatic rings. The highest BCUT2D eigenvalue weighted by Crippen LogP contribution is 2.06. The Balaban J connectivity index is 2.59. The third kappa shape index (κ3) is 3.16. The lowest BCUT2D eigenvalue weighted by molar-refractivity contribution is 0.0694. The van der Waals surface area contributed by atoms with Crippen LogP contribution in [0.3, 0.4) is 0 Å². The van der Waals surface area contributed by atoms with Gasteiger partial charge < -0.3 is 14.9 Å².